The van der Waals surface area contributed by atoms with Crippen molar-refractivity contribution in [1.82, 2.24) is 9.80 Å². The first-order valence-electron chi connectivity index (χ1n) is 7.08. The molecule has 2 amide bonds. The molecule has 0 bridgehead atoms. The molecule has 1 rings (SSSR count). The molecule has 0 saturated carbocycles. The van der Waals surface area contributed by atoms with Gasteiger partial charge in [0.25, 0.3) is 0 Å². The molecule has 0 aliphatic carbocycles. The molecule has 0 radical (unpaired) electrons. The summed E-state index contributed by atoms with van der Waals surface area (Å²) < 4.78 is 5.35. The Morgan fingerprint density at radius 2 is 2.05 bits per heavy atom. The smallest absolute Gasteiger partial charge is 0.410 e. The highest BCUT2D eigenvalue weighted by Gasteiger charge is 2.31. The number of ether oxygens (including phenoxy) is 1. The highest BCUT2D eigenvalue weighted by molar-refractivity contribution is 5.80. The quantitative estimate of drug-likeness (QED) is 0.841. The van der Waals surface area contributed by atoms with Crippen LogP contribution in [0.2, 0.25) is 0 Å². The van der Waals surface area contributed by atoms with E-state index in [0.717, 1.165) is 6.42 Å². The zero-order valence-corrected chi connectivity index (χ0v) is 13.2. The maximum atomic E-state index is 11.9. The van der Waals surface area contributed by atoms with Crippen LogP contribution in [0.5, 0.6) is 0 Å². The molecule has 6 nitrogen and oxygen atoms in total. The highest BCUT2D eigenvalue weighted by Crippen LogP contribution is 2.20. The number of hydrogen-bond donors (Lipinski definition) is 1. The van der Waals surface area contributed by atoms with Crippen LogP contribution in [-0.4, -0.2) is 60.1 Å². The number of likely N-dealkylation sites (N-methyl/N-ethyl adjacent to an activating group) is 1. The molecule has 1 heterocycles. The molecule has 1 aliphatic heterocycles. The lowest BCUT2D eigenvalue weighted by Gasteiger charge is -2.25. The Labute approximate surface area is 121 Å². The van der Waals surface area contributed by atoms with E-state index in [0.29, 0.717) is 19.6 Å². The number of nitrogens with two attached hydrogens (primary N) is 1. The Morgan fingerprint density at radius 3 is 2.55 bits per heavy atom. The predicted octanol–water partition coefficient (Wildman–Crippen LogP) is 1.05. The SMILES string of the molecule is C[C@H](N)C(=O)N(C)C[C@@H]1CCN(C(=O)OC(C)(C)C)C1. The first-order chi connectivity index (χ1) is 9.10. The van der Waals surface area contributed by atoms with E-state index in [-0.39, 0.29) is 17.9 Å². The summed E-state index contributed by atoms with van der Waals surface area (Å²) >= 11 is 0. The second kappa shape index (κ2) is 6.43. The topological polar surface area (TPSA) is 75.9 Å². The van der Waals surface area contributed by atoms with Gasteiger partial charge in [-0.1, -0.05) is 0 Å². The summed E-state index contributed by atoms with van der Waals surface area (Å²) in [6.45, 7) is 9.18. The Balaban J connectivity index is 2.44. The molecule has 1 aliphatic rings. The summed E-state index contributed by atoms with van der Waals surface area (Å²) in [5.74, 6) is 0.218. The Hall–Kier alpha value is -1.30. The molecular formula is C14H27N3O3. The standard InChI is InChI=1S/C14H27N3O3/c1-10(15)12(18)16(5)8-11-6-7-17(9-11)13(19)20-14(2,3)4/h10-11H,6-9,15H2,1-5H3/t10-,11-/m0/s1. The summed E-state index contributed by atoms with van der Waals surface area (Å²) in [5, 5.41) is 0. The van der Waals surface area contributed by atoms with Gasteiger partial charge in [0.2, 0.25) is 5.91 Å². The Morgan fingerprint density at radius 1 is 1.45 bits per heavy atom. The van der Waals surface area contributed by atoms with Crippen molar-refractivity contribution in [1.29, 1.82) is 0 Å². The molecule has 0 unspecified atom stereocenters. The van der Waals surface area contributed by atoms with Crippen molar-refractivity contribution in [3.05, 3.63) is 0 Å². The van der Waals surface area contributed by atoms with Crippen molar-refractivity contribution in [2.75, 3.05) is 26.7 Å². The molecule has 1 saturated heterocycles. The van der Waals surface area contributed by atoms with Crippen molar-refractivity contribution in [3.63, 3.8) is 0 Å². The Bertz CT molecular complexity index is 363. The van der Waals surface area contributed by atoms with Gasteiger partial charge in [-0.15, -0.1) is 0 Å². The average molecular weight is 285 g/mol. The lowest BCUT2D eigenvalue weighted by molar-refractivity contribution is -0.131. The van der Waals surface area contributed by atoms with Crippen LogP contribution in [0.1, 0.15) is 34.1 Å². The molecule has 1 fully saturated rings. The molecule has 0 aromatic carbocycles. The van der Waals surface area contributed by atoms with E-state index in [1.807, 2.05) is 20.8 Å². The van der Waals surface area contributed by atoms with Gasteiger partial charge in [0, 0.05) is 26.7 Å². The largest absolute Gasteiger partial charge is 0.444 e. The fourth-order valence-corrected chi connectivity index (χ4v) is 2.30. The average Bonchev–Trinajstić information content (AvgIpc) is 2.74. The molecule has 20 heavy (non-hydrogen) atoms. The molecule has 6 heteroatoms. The van der Waals surface area contributed by atoms with Gasteiger partial charge >= 0.3 is 6.09 Å². The Kier molecular flexibility index (Phi) is 5.39. The zero-order chi connectivity index (χ0) is 15.5. The molecule has 0 aromatic heterocycles. The third-order valence-corrected chi connectivity index (χ3v) is 3.24. The van der Waals surface area contributed by atoms with E-state index >= 15 is 0 Å². The minimum absolute atomic E-state index is 0.0688. The van der Waals surface area contributed by atoms with Crippen LogP contribution < -0.4 is 5.73 Å². The number of carbonyl (C=O) groups excluding carboxylic acids is 2. The maximum Gasteiger partial charge on any atom is 0.410 e. The van der Waals surface area contributed by atoms with Crippen LogP contribution in [0.15, 0.2) is 0 Å². The van der Waals surface area contributed by atoms with Gasteiger partial charge in [-0.2, -0.15) is 0 Å². The second-order valence-corrected chi connectivity index (χ2v) is 6.59. The van der Waals surface area contributed by atoms with Gasteiger partial charge in [0.15, 0.2) is 0 Å². The van der Waals surface area contributed by atoms with Crippen molar-refractivity contribution < 1.29 is 14.3 Å². The van der Waals surface area contributed by atoms with Crippen molar-refractivity contribution in [2.24, 2.45) is 11.7 Å². The van der Waals surface area contributed by atoms with Gasteiger partial charge in [-0.25, -0.2) is 4.79 Å². The fraction of sp³-hybridized carbons (Fsp3) is 0.857. The van der Waals surface area contributed by atoms with E-state index in [2.05, 4.69) is 0 Å². The summed E-state index contributed by atoms with van der Waals surface area (Å²) in [5.41, 5.74) is 5.10. The highest BCUT2D eigenvalue weighted by atomic mass is 16.6. The summed E-state index contributed by atoms with van der Waals surface area (Å²) in [6.07, 6.45) is 0.608. The van der Waals surface area contributed by atoms with Crippen LogP contribution in [0.25, 0.3) is 0 Å². The van der Waals surface area contributed by atoms with E-state index in [1.54, 1.807) is 23.8 Å². The summed E-state index contributed by atoms with van der Waals surface area (Å²) in [4.78, 5) is 27.0. The molecule has 2 atom stereocenters. The first kappa shape index (κ1) is 16.8. The van der Waals surface area contributed by atoms with Gasteiger partial charge in [-0.3, -0.25) is 4.79 Å². The van der Waals surface area contributed by atoms with Crippen LogP contribution in [0.3, 0.4) is 0 Å². The zero-order valence-electron chi connectivity index (χ0n) is 13.2. The summed E-state index contributed by atoms with van der Waals surface area (Å²) in [6, 6.07) is -0.483. The van der Waals surface area contributed by atoms with Crippen LogP contribution in [0.4, 0.5) is 4.79 Å². The molecular weight excluding hydrogens is 258 g/mol. The van der Waals surface area contributed by atoms with Gasteiger partial charge < -0.3 is 20.3 Å². The van der Waals surface area contributed by atoms with Crippen molar-refractivity contribution in [3.8, 4) is 0 Å². The molecule has 0 aromatic rings. The van der Waals surface area contributed by atoms with E-state index in [4.69, 9.17) is 10.5 Å². The van der Waals surface area contributed by atoms with Gasteiger partial charge in [0.1, 0.15) is 5.60 Å². The molecule has 116 valence electrons. The number of hydrogen-bond acceptors (Lipinski definition) is 4. The minimum Gasteiger partial charge on any atom is -0.444 e. The normalized spacial score (nSPS) is 20.7. The second-order valence-electron chi connectivity index (χ2n) is 6.59. The van der Waals surface area contributed by atoms with Crippen molar-refractivity contribution >= 4 is 12.0 Å². The van der Waals surface area contributed by atoms with Crippen LogP contribution in [0, 0.1) is 5.92 Å². The van der Waals surface area contributed by atoms with Gasteiger partial charge in [0.05, 0.1) is 6.04 Å². The van der Waals surface area contributed by atoms with Crippen molar-refractivity contribution in [2.45, 2.75) is 45.8 Å². The van der Waals surface area contributed by atoms with Gasteiger partial charge in [-0.05, 0) is 40.0 Å². The molecule has 0 spiro atoms. The lowest BCUT2D eigenvalue weighted by atomic mass is 10.1. The fourth-order valence-electron chi connectivity index (χ4n) is 2.30. The third-order valence-electron chi connectivity index (χ3n) is 3.24. The van der Waals surface area contributed by atoms with E-state index in [1.165, 1.54) is 0 Å². The monoisotopic (exact) mass is 285 g/mol. The number of rotatable bonds is 3. The van der Waals surface area contributed by atoms with Crippen LogP contribution >= 0.6 is 0 Å². The minimum atomic E-state index is -0.483. The lowest BCUT2D eigenvalue weighted by Crippen LogP contribution is -2.42. The first-order valence-corrected chi connectivity index (χ1v) is 7.08. The third kappa shape index (κ3) is 5.00. The number of nitrogens with zero attached hydrogens (tertiary/aromatic N) is 2. The number of amides is 2. The molecule has 2 N–H and O–H groups in total. The summed E-state index contributed by atoms with van der Waals surface area (Å²) in [7, 11) is 1.75. The predicted molar refractivity (Wildman–Crippen MR) is 77.2 cm³/mol. The number of carbonyl (C=O) groups is 2. The number of likely N-dealkylation sites (tertiary alicyclic amines) is 1. The maximum absolute atomic E-state index is 11.9. The van der Waals surface area contributed by atoms with Crippen LogP contribution in [-0.2, 0) is 9.53 Å². The van der Waals surface area contributed by atoms with E-state index in [9.17, 15) is 9.59 Å². The van der Waals surface area contributed by atoms with E-state index < -0.39 is 11.6 Å².